The topological polar surface area (TPSA) is 157 Å². The molecule has 27 heavy (non-hydrogen) atoms. The summed E-state index contributed by atoms with van der Waals surface area (Å²) in [6.45, 7) is 1.91. The molecule has 2 aromatic rings. The Hall–Kier alpha value is -3.11. The third-order valence-corrected chi connectivity index (χ3v) is 3.96. The number of esters is 1. The largest absolute Gasteiger partial charge is 0.458 e. The summed E-state index contributed by atoms with van der Waals surface area (Å²) < 4.78 is 4.80. The molecule has 0 bridgehead atoms. The van der Waals surface area contributed by atoms with Crippen LogP contribution in [0.15, 0.2) is 35.6 Å². The number of allylic oxidation sites excluding steroid dienone is 1. The van der Waals surface area contributed by atoms with Crippen LogP contribution in [0.3, 0.4) is 0 Å². The Bertz CT molecular complexity index is 940. The molecule has 0 radical (unpaired) electrons. The number of hydrogen-bond acceptors (Lipinski definition) is 7. The molecular formula is C17H21N7O2S+2. The van der Waals surface area contributed by atoms with E-state index >= 15 is 0 Å². The molecule has 2 aromatic heterocycles. The number of carbonyl (C=O) groups is 1. The molecule has 0 aliphatic heterocycles. The first-order valence-corrected chi connectivity index (χ1v) is 8.89. The van der Waals surface area contributed by atoms with Crippen molar-refractivity contribution in [2.24, 2.45) is 10.7 Å². The van der Waals surface area contributed by atoms with E-state index in [1.54, 1.807) is 25.3 Å². The molecule has 0 aliphatic rings. The number of thioether (sulfide) groups is 1. The van der Waals surface area contributed by atoms with E-state index in [0.29, 0.717) is 16.9 Å². The molecule has 0 aliphatic carbocycles. The first-order valence-electron chi connectivity index (χ1n) is 8.07. The van der Waals surface area contributed by atoms with Crippen molar-refractivity contribution in [3.8, 4) is 0 Å². The highest BCUT2D eigenvalue weighted by molar-refractivity contribution is 8.27. The van der Waals surface area contributed by atoms with Crippen LogP contribution in [0.25, 0.3) is 16.6 Å². The fraction of sp³-hybridized carbons (Fsp3) is 0.176. The first-order chi connectivity index (χ1) is 13.0. The average molecular weight is 387 g/mol. The number of rotatable bonds is 5. The zero-order valence-electron chi connectivity index (χ0n) is 15.0. The van der Waals surface area contributed by atoms with Crippen LogP contribution in [0, 0.1) is 5.41 Å². The van der Waals surface area contributed by atoms with Crippen molar-refractivity contribution in [2.45, 2.75) is 6.92 Å². The normalized spacial score (nSPS) is 12.1. The van der Waals surface area contributed by atoms with E-state index in [1.165, 1.54) is 6.21 Å². The van der Waals surface area contributed by atoms with Crippen molar-refractivity contribution in [1.82, 2.24) is 9.97 Å². The van der Waals surface area contributed by atoms with Crippen LogP contribution < -0.4 is 16.5 Å². The molecule has 0 spiro atoms. The van der Waals surface area contributed by atoms with Gasteiger partial charge < -0.3 is 21.2 Å². The lowest BCUT2D eigenvalue weighted by atomic mass is 10.1. The minimum Gasteiger partial charge on any atom is -0.458 e. The van der Waals surface area contributed by atoms with E-state index in [0.717, 1.165) is 22.9 Å². The molecule has 2 rings (SSSR count). The zero-order chi connectivity index (χ0) is 19.8. The van der Waals surface area contributed by atoms with Crippen LogP contribution in [-0.4, -0.2) is 46.0 Å². The molecule has 0 saturated carbocycles. The predicted octanol–water partition coefficient (Wildman–Crippen LogP) is -0.786. The summed E-state index contributed by atoms with van der Waals surface area (Å²) in [5.41, 5.74) is 8.61. The lowest BCUT2D eigenvalue weighted by Gasteiger charge is -2.03. The number of aliphatic imine (C=N–C) groups is 1. The van der Waals surface area contributed by atoms with Crippen molar-refractivity contribution >= 4 is 56.6 Å². The van der Waals surface area contributed by atoms with Gasteiger partial charge in [-0.2, -0.15) is 0 Å². The van der Waals surface area contributed by atoms with E-state index in [9.17, 15) is 4.79 Å². The number of nitrogens with zero attached hydrogens (tertiary/aromatic N) is 3. The van der Waals surface area contributed by atoms with E-state index in [2.05, 4.69) is 15.0 Å². The van der Waals surface area contributed by atoms with Gasteiger partial charge in [-0.3, -0.25) is 4.98 Å². The number of nitrogens with two attached hydrogens (primary N) is 3. The fourth-order valence-electron chi connectivity index (χ4n) is 2.12. The number of ether oxygens (including phenoxy) is 1. The zero-order valence-corrected chi connectivity index (χ0v) is 15.8. The summed E-state index contributed by atoms with van der Waals surface area (Å²) in [6, 6.07) is 5.25. The molecule has 0 aromatic carbocycles. The van der Waals surface area contributed by atoms with E-state index < -0.39 is 5.97 Å². The van der Waals surface area contributed by atoms with Gasteiger partial charge >= 0.3 is 11.0 Å². The summed E-state index contributed by atoms with van der Waals surface area (Å²) in [5.74, 6) is -0.287. The third-order valence-electron chi connectivity index (χ3n) is 3.27. The Kier molecular flexibility index (Phi) is 7.15. The summed E-state index contributed by atoms with van der Waals surface area (Å²) in [4.78, 5) is 24.5. The maximum Gasteiger partial charge on any atom is 0.410 e. The second-order valence-electron chi connectivity index (χ2n) is 5.17. The van der Waals surface area contributed by atoms with Gasteiger partial charge in [-0.1, -0.05) is 0 Å². The minimum atomic E-state index is -0.639. The Morgan fingerprint density at radius 1 is 1.48 bits per heavy atom. The third kappa shape index (κ3) is 5.43. The molecule has 0 saturated heterocycles. The van der Waals surface area contributed by atoms with Crippen molar-refractivity contribution in [1.29, 1.82) is 5.41 Å². The number of carbonyl (C=O) groups excluding carboxylic acids is 1. The maximum absolute atomic E-state index is 11.5. The van der Waals surface area contributed by atoms with Crippen LogP contribution in [-0.2, 0) is 9.53 Å². The number of amidine groups is 1. The number of pyridine rings is 2. The average Bonchev–Trinajstić information content (AvgIpc) is 2.65. The smallest absolute Gasteiger partial charge is 0.410 e. The Morgan fingerprint density at radius 2 is 2.26 bits per heavy atom. The maximum atomic E-state index is 11.5. The van der Waals surface area contributed by atoms with Gasteiger partial charge in [-0.15, -0.1) is 0 Å². The van der Waals surface area contributed by atoms with Crippen LogP contribution >= 0.6 is 11.8 Å². The minimum absolute atomic E-state index is 0.0668. The number of hydrogen-bond donors (Lipinski definition) is 4. The van der Waals surface area contributed by atoms with E-state index in [1.807, 2.05) is 24.6 Å². The molecule has 0 fully saturated rings. The van der Waals surface area contributed by atoms with Gasteiger partial charge in [0.15, 0.2) is 11.0 Å². The predicted molar refractivity (Wildman–Crippen MR) is 107 cm³/mol. The number of quaternary nitrogens is 1. The highest BCUT2D eigenvalue weighted by Gasteiger charge is 2.19. The molecule has 7 N–H and O–H groups in total. The molecule has 0 unspecified atom stereocenters. The van der Waals surface area contributed by atoms with Gasteiger partial charge in [0.2, 0.25) is 0 Å². The Labute approximate surface area is 160 Å². The van der Waals surface area contributed by atoms with Gasteiger partial charge in [0.1, 0.15) is 6.20 Å². The van der Waals surface area contributed by atoms with Crippen molar-refractivity contribution in [3.05, 3.63) is 36.2 Å². The van der Waals surface area contributed by atoms with Gasteiger partial charge in [0, 0.05) is 29.7 Å². The van der Waals surface area contributed by atoms with Crippen LogP contribution in [0.1, 0.15) is 12.5 Å². The lowest BCUT2D eigenvalue weighted by Crippen LogP contribution is -2.72. The summed E-state index contributed by atoms with van der Waals surface area (Å²) in [6.07, 6.45) is 4.76. The van der Waals surface area contributed by atoms with Crippen molar-refractivity contribution in [2.75, 3.05) is 13.7 Å². The number of fused-ring (bicyclic) bond motifs is 1. The summed E-state index contributed by atoms with van der Waals surface area (Å²) in [5, 5.41) is 15.0. The molecule has 0 amide bonds. The molecule has 140 valence electrons. The van der Waals surface area contributed by atoms with Crippen molar-refractivity contribution < 1.29 is 20.3 Å². The molecule has 2 heterocycles. The quantitative estimate of drug-likeness (QED) is 0.299. The van der Waals surface area contributed by atoms with Gasteiger partial charge in [-0.25, -0.2) is 20.2 Å². The second-order valence-corrected chi connectivity index (χ2v) is 6.23. The second kappa shape index (κ2) is 9.55. The number of nitrogens with one attached hydrogen (secondary N) is 1. The van der Waals surface area contributed by atoms with Gasteiger partial charge in [-0.05, 0) is 25.1 Å². The van der Waals surface area contributed by atoms with E-state index in [4.69, 9.17) is 21.3 Å². The fourth-order valence-corrected chi connectivity index (χ4v) is 2.62. The molecular weight excluding hydrogens is 366 g/mol. The lowest BCUT2D eigenvalue weighted by molar-refractivity contribution is -0.555. The highest BCUT2D eigenvalue weighted by Crippen LogP contribution is 2.20. The number of aromatic nitrogens is 2. The Balaban J connectivity index is 2.28. The van der Waals surface area contributed by atoms with Gasteiger partial charge in [0.25, 0.3) is 0 Å². The standard InChI is InChI=1S/C17H19N7O2S/c1-3-26-16(25)15(19)27-17(20)24-14-5-4-12-13(23-14)6-10(9-22-12)11(7-18)8-21-2/h4-9,18-19,21H,3H2,1-2H3,(H2,20,23,24)/p+2. The molecule has 0 atom stereocenters. The summed E-state index contributed by atoms with van der Waals surface area (Å²) >= 11 is 0.815. The van der Waals surface area contributed by atoms with Crippen LogP contribution in [0.4, 0.5) is 5.82 Å². The van der Waals surface area contributed by atoms with Gasteiger partial charge in [0.05, 0.1) is 30.3 Å². The monoisotopic (exact) mass is 387 g/mol. The summed E-state index contributed by atoms with van der Waals surface area (Å²) in [7, 11) is 1.88. The Morgan fingerprint density at radius 3 is 2.93 bits per heavy atom. The SMILES string of the molecule is CCOC(=O)C(=[NH2+])SC(N)=Nc1ccc2ncc(C(C=N)=C[NH2+]C)cc2n1. The molecule has 9 nitrogen and oxygen atoms in total. The van der Waals surface area contributed by atoms with Crippen molar-refractivity contribution in [3.63, 3.8) is 0 Å². The highest BCUT2D eigenvalue weighted by atomic mass is 32.2. The van der Waals surface area contributed by atoms with Crippen LogP contribution in [0.2, 0.25) is 0 Å². The molecule has 10 heteroatoms. The van der Waals surface area contributed by atoms with Crippen LogP contribution in [0.5, 0.6) is 0 Å². The first kappa shape index (κ1) is 20.2. The van der Waals surface area contributed by atoms with E-state index in [-0.39, 0.29) is 16.8 Å².